The maximum Gasteiger partial charge on any atom is 0.326 e. The average Bonchev–Trinajstić information content (AvgIpc) is 2.87. The van der Waals surface area contributed by atoms with Crippen molar-refractivity contribution in [2.45, 2.75) is 40.2 Å². The number of hydrogen-bond donors (Lipinski definition) is 2. The molecular weight excluding hydrogens is 308 g/mol. The summed E-state index contributed by atoms with van der Waals surface area (Å²) in [4.78, 5) is 23.7. The molecule has 0 aliphatic carbocycles. The second-order valence-electron chi connectivity index (χ2n) is 6.27. The largest absolute Gasteiger partial charge is 0.480 e. The number of aryl methyl sites for hydroxylation is 1. The van der Waals surface area contributed by atoms with Gasteiger partial charge in [0.05, 0.1) is 11.4 Å². The van der Waals surface area contributed by atoms with E-state index in [-0.39, 0.29) is 11.6 Å². The van der Waals surface area contributed by atoms with E-state index in [0.29, 0.717) is 12.1 Å². The third-order valence-electron chi connectivity index (χ3n) is 3.67. The summed E-state index contributed by atoms with van der Waals surface area (Å²) in [6, 6.07) is 6.72. The molecule has 2 rings (SSSR count). The second-order valence-corrected chi connectivity index (χ2v) is 6.27. The first-order valence-corrected chi connectivity index (χ1v) is 7.82. The van der Waals surface area contributed by atoms with E-state index < -0.39 is 17.9 Å². The molecular formula is C17H22N4O3. The van der Waals surface area contributed by atoms with Gasteiger partial charge in [-0.25, -0.2) is 9.48 Å². The van der Waals surface area contributed by atoms with Crippen LogP contribution in [0.25, 0.3) is 5.69 Å². The minimum absolute atomic E-state index is 0.131. The summed E-state index contributed by atoms with van der Waals surface area (Å²) in [5, 5.41) is 19.7. The van der Waals surface area contributed by atoms with E-state index in [1.807, 2.05) is 45.0 Å². The highest BCUT2D eigenvalue weighted by Gasteiger charge is 2.25. The van der Waals surface area contributed by atoms with Crippen molar-refractivity contribution in [3.63, 3.8) is 0 Å². The highest BCUT2D eigenvalue weighted by molar-refractivity contribution is 5.95. The molecule has 7 heteroatoms. The van der Waals surface area contributed by atoms with Crippen molar-refractivity contribution in [2.24, 2.45) is 5.92 Å². The molecule has 0 radical (unpaired) electrons. The molecule has 0 saturated carbocycles. The van der Waals surface area contributed by atoms with Gasteiger partial charge in [0, 0.05) is 0 Å². The highest BCUT2D eigenvalue weighted by Crippen LogP contribution is 2.14. The Labute approximate surface area is 140 Å². The maximum atomic E-state index is 12.4. The fourth-order valence-corrected chi connectivity index (χ4v) is 2.46. The molecule has 1 amide bonds. The van der Waals surface area contributed by atoms with Gasteiger partial charge in [-0.1, -0.05) is 31.2 Å². The Morgan fingerprint density at radius 2 is 2.00 bits per heavy atom. The summed E-state index contributed by atoms with van der Waals surface area (Å²) in [5.74, 6) is -1.43. The van der Waals surface area contributed by atoms with E-state index in [2.05, 4.69) is 15.6 Å². The topological polar surface area (TPSA) is 97.1 Å². The molecule has 1 aromatic heterocycles. The Morgan fingerprint density at radius 3 is 2.58 bits per heavy atom. The van der Waals surface area contributed by atoms with Gasteiger partial charge in [0.25, 0.3) is 5.91 Å². The standard InChI is InChI=1S/C17H22N4O3/c1-10(2)8-14(17(23)24)18-16(22)15-12(4)21(20-19-15)13-7-5-6-11(3)9-13/h5-7,9-10,14H,8H2,1-4H3,(H,18,22)(H,23,24)/t14-/m1/s1. The van der Waals surface area contributed by atoms with Gasteiger partial charge in [0.15, 0.2) is 5.69 Å². The predicted octanol–water partition coefficient (Wildman–Crippen LogP) is 2.11. The molecule has 2 aromatic rings. The summed E-state index contributed by atoms with van der Waals surface area (Å²) < 4.78 is 1.57. The van der Waals surface area contributed by atoms with Gasteiger partial charge < -0.3 is 10.4 Å². The van der Waals surface area contributed by atoms with Crippen LogP contribution in [0.15, 0.2) is 24.3 Å². The normalized spacial score (nSPS) is 12.2. The van der Waals surface area contributed by atoms with Crippen molar-refractivity contribution in [3.8, 4) is 5.69 Å². The zero-order valence-corrected chi connectivity index (χ0v) is 14.3. The Morgan fingerprint density at radius 1 is 1.29 bits per heavy atom. The molecule has 0 unspecified atom stereocenters. The smallest absolute Gasteiger partial charge is 0.326 e. The van der Waals surface area contributed by atoms with Crippen molar-refractivity contribution in [3.05, 3.63) is 41.2 Å². The van der Waals surface area contributed by atoms with Crippen molar-refractivity contribution in [1.29, 1.82) is 0 Å². The van der Waals surface area contributed by atoms with E-state index in [9.17, 15) is 14.7 Å². The summed E-state index contributed by atoms with van der Waals surface area (Å²) in [6.45, 7) is 7.50. The van der Waals surface area contributed by atoms with Crippen LogP contribution < -0.4 is 5.32 Å². The summed E-state index contributed by atoms with van der Waals surface area (Å²) in [6.07, 6.45) is 0.353. The Kier molecular flexibility index (Phi) is 5.33. The third kappa shape index (κ3) is 3.98. The molecule has 0 fully saturated rings. The molecule has 128 valence electrons. The Bertz CT molecular complexity index is 752. The van der Waals surface area contributed by atoms with Crippen molar-refractivity contribution >= 4 is 11.9 Å². The van der Waals surface area contributed by atoms with Crippen LogP contribution in [0.5, 0.6) is 0 Å². The number of carboxylic acid groups (broad SMARTS) is 1. The van der Waals surface area contributed by atoms with Gasteiger partial charge in [0.2, 0.25) is 0 Å². The van der Waals surface area contributed by atoms with E-state index in [1.54, 1.807) is 11.6 Å². The fourth-order valence-electron chi connectivity index (χ4n) is 2.46. The highest BCUT2D eigenvalue weighted by atomic mass is 16.4. The number of carbonyl (C=O) groups excluding carboxylic acids is 1. The van der Waals surface area contributed by atoms with Crippen molar-refractivity contribution in [2.75, 3.05) is 0 Å². The quantitative estimate of drug-likeness (QED) is 0.845. The molecule has 1 atom stereocenters. The number of benzene rings is 1. The Balaban J connectivity index is 2.23. The molecule has 1 aromatic carbocycles. The second kappa shape index (κ2) is 7.25. The van der Waals surface area contributed by atoms with Gasteiger partial charge in [0.1, 0.15) is 6.04 Å². The third-order valence-corrected chi connectivity index (χ3v) is 3.67. The molecule has 24 heavy (non-hydrogen) atoms. The summed E-state index contributed by atoms with van der Waals surface area (Å²) >= 11 is 0. The lowest BCUT2D eigenvalue weighted by atomic mass is 10.0. The van der Waals surface area contributed by atoms with E-state index in [0.717, 1.165) is 11.3 Å². The molecule has 2 N–H and O–H groups in total. The molecule has 7 nitrogen and oxygen atoms in total. The van der Waals surface area contributed by atoms with Crippen LogP contribution >= 0.6 is 0 Å². The van der Waals surface area contributed by atoms with Gasteiger partial charge in [-0.3, -0.25) is 4.79 Å². The van der Waals surface area contributed by atoms with Crippen molar-refractivity contribution < 1.29 is 14.7 Å². The van der Waals surface area contributed by atoms with Gasteiger partial charge in [-0.2, -0.15) is 0 Å². The SMILES string of the molecule is Cc1cccc(-n2nnc(C(=O)N[C@H](CC(C)C)C(=O)O)c2C)c1. The molecule has 1 heterocycles. The first-order chi connectivity index (χ1) is 11.3. The maximum absolute atomic E-state index is 12.4. The molecule has 0 bridgehead atoms. The van der Waals surface area contributed by atoms with E-state index in [4.69, 9.17) is 0 Å². The monoisotopic (exact) mass is 330 g/mol. The van der Waals surface area contributed by atoms with Gasteiger partial charge in [-0.05, 0) is 43.9 Å². The molecule has 0 saturated heterocycles. The van der Waals surface area contributed by atoms with Gasteiger partial charge in [-0.15, -0.1) is 5.10 Å². The van der Waals surface area contributed by atoms with Crippen molar-refractivity contribution in [1.82, 2.24) is 20.3 Å². The first-order valence-electron chi connectivity index (χ1n) is 7.82. The van der Waals surface area contributed by atoms with E-state index in [1.165, 1.54) is 0 Å². The molecule has 0 aliphatic rings. The number of nitrogens with one attached hydrogen (secondary N) is 1. The molecule has 0 spiro atoms. The minimum Gasteiger partial charge on any atom is -0.480 e. The summed E-state index contributed by atoms with van der Waals surface area (Å²) in [7, 11) is 0. The molecule has 0 aliphatic heterocycles. The number of carbonyl (C=O) groups is 2. The number of aliphatic carboxylic acids is 1. The van der Waals surface area contributed by atoms with Crippen LogP contribution in [0.1, 0.15) is 42.0 Å². The number of carboxylic acids is 1. The number of rotatable bonds is 6. The van der Waals surface area contributed by atoms with Gasteiger partial charge >= 0.3 is 5.97 Å². The zero-order valence-electron chi connectivity index (χ0n) is 14.3. The lowest BCUT2D eigenvalue weighted by molar-refractivity contribution is -0.139. The number of nitrogens with zero attached hydrogens (tertiary/aromatic N) is 3. The number of hydrogen-bond acceptors (Lipinski definition) is 4. The minimum atomic E-state index is -1.05. The lowest BCUT2D eigenvalue weighted by Crippen LogP contribution is -2.42. The summed E-state index contributed by atoms with van der Waals surface area (Å²) in [5.41, 5.74) is 2.56. The zero-order chi connectivity index (χ0) is 17.9. The van der Waals surface area contributed by atoms with Crippen LogP contribution in [0.2, 0.25) is 0 Å². The Hall–Kier alpha value is -2.70. The van der Waals surface area contributed by atoms with E-state index >= 15 is 0 Å². The first kappa shape index (κ1) is 17.7. The van der Waals surface area contributed by atoms with Crippen LogP contribution in [0, 0.1) is 19.8 Å². The van der Waals surface area contributed by atoms with Crippen LogP contribution in [0.3, 0.4) is 0 Å². The fraction of sp³-hybridized carbons (Fsp3) is 0.412. The number of amides is 1. The van der Waals surface area contributed by atoms with Crippen LogP contribution in [0.4, 0.5) is 0 Å². The average molecular weight is 330 g/mol. The van der Waals surface area contributed by atoms with Crippen LogP contribution in [-0.4, -0.2) is 38.0 Å². The predicted molar refractivity (Wildman–Crippen MR) is 89.2 cm³/mol. The lowest BCUT2D eigenvalue weighted by Gasteiger charge is -2.15. The number of aromatic nitrogens is 3. The van der Waals surface area contributed by atoms with Crippen LogP contribution in [-0.2, 0) is 4.79 Å².